The predicted molar refractivity (Wildman–Crippen MR) is 83.3 cm³/mol. The third-order valence-electron chi connectivity index (χ3n) is 3.95. The molecule has 1 atom stereocenters. The number of rotatable bonds is 4. The fraction of sp³-hybridized carbons (Fsp3) is 0.294. The molecule has 1 aliphatic rings. The molecule has 1 unspecified atom stereocenters. The summed E-state index contributed by atoms with van der Waals surface area (Å²) in [4.78, 5) is 18.0. The van der Waals surface area contributed by atoms with Crippen LogP contribution in [-0.2, 0) is 17.5 Å². The topological polar surface area (TPSA) is 45.2 Å². The number of nitrogens with one attached hydrogen (secondary N) is 1. The molecule has 0 saturated carbocycles. The molecule has 4 nitrogen and oxygen atoms in total. The van der Waals surface area contributed by atoms with E-state index in [1.165, 1.54) is 17.0 Å². The van der Waals surface area contributed by atoms with E-state index in [-0.39, 0.29) is 11.6 Å². The van der Waals surface area contributed by atoms with E-state index in [0.29, 0.717) is 19.5 Å². The van der Waals surface area contributed by atoms with Crippen molar-refractivity contribution in [3.8, 4) is 0 Å². The zero-order valence-corrected chi connectivity index (χ0v) is 12.8. The van der Waals surface area contributed by atoms with Crippen molar-refractivity contribution in [1.82, 2.24) is 10.3 Å². The molecule has 3 rings (SSSR count). The van der Waals surface area contributed by atoms with Gasteiger partial charge in [-0.1, -0.05) is 12.1 Å². The van der Waals surface area contributed by atoms with Crippen molar-refractivity contribution in [1.29, 1.82) is 0 Å². The van der Waals surface area contributed by atoms with Crippen LogP contribution in [0.5, 0.6) is 0 Å². The maximum atomic E-state index is 12.8. The zero-order chi connectivity index (χ0) is 17.2. The minimum Gasteiger partial charge on any atom is -0.311 e. The van der Waals surface area contributed by atoms with Gasteiger partial charge in [0, 0.05) is 25.0 Å². The van der Waals surface area contributed by atoms with Gasteiger partial charge in [0.2, 0.25) is 5.91 Å². The van der Waals surface area contributed by atoms with Crippen molar-refractivity contribution in [3.05, 3.63) is 59.9 Å². The minimum atomic E-state index is -4.42. The van der Waals surface area contributed by atoms with Gasteiger partial charge in [-0.3, -0.25) is 9.78 Å². The van der Waals surface area contributed by atoms with E-state index < -0.39 is 17.8 Å². The molecule has 1 N–H and O–H groups in total. The largest absolute Gasteiger partial charge is 0.416 e. The van der Waals surface area contributed by atoms with Crippen LogP contribution < -0.4 is 10.2 Å². The number of hydrogen-bond acceptors (Lipinski definition) is 3. The van der Waals surface area contributed by atoms with Crippen LogP contribution in [0.2, 0.25) is 0 Å². The number of benzene rings is 1. The maximum Gasteiger partial charge on any atom is 0.416 e. The van der Waals surface area contributed by atoms with Crippen LogP contribution in [0, 0.1) is 0 Å². The van der Waals surface area contributed by atoms with Gasteiger partial charge in [0.25, 0.3) is 0 Å². The lowest BCUT2D eigenvalue weighted by molar-refractivity contribution is -0.137. The average molecular weight is 335 g/mol. The smallest absolute Gasteiger partial charge is 0.311 e. The first-order valence-corrected chi connectivity index (χ1v) is 7.57. The Hall–Kier alpha value is -2.41. The Kier molecular flexibility index (Phi) is 4.53. The fourth-order valence-corrected chi connectivity index (χ4v) is 2.71. The first-order chi connectivity index (χ1) is 11.4. The van der Waals surface area contributed by atoms with Gasteiger partial charge in [-0.2, -0.15) is 13.2 Å². The standard InChI is InChI=1S/C17H16F3N3O/c18-17(19,20)12-4-3-6-14(10-12)23-9-7-15(16(23)24)22-11-13-5-1-2-8-21-13/h1-6,8,10,15,22H,7,9,11H2. The Labute approximate surface area is 137 Å². The van der Waals surface area contributed by atoms with Gasteiger partial charge in [0.15, 0.2) is 0 Å². The third kappa shape index (κ3) is 3.56. The van der Waals surface area contributed by atoms with Gasteiger partial charge >= 0.3 is 6.18 Å². The Bertz CT molecular complexity index is 719. The van der Waals surface area contributed by atoms with Crippen LogP contribution in [0.1, 0.15) is 17.7 Å². The fourth-order valence-electron chi connectivity index (χ4n) is 2.71. The molecule has 126 valence electrons. The molecule has 1 fully saturated rings. The molecular weight excluding hydrogens is 319 g/mol. The Morgan fingerprint density at radius 1 is 1.21 bits per heavy atom. The molecule has 1 amide bonds. The number of amides is 1. The highest BCUT2D eigenvalue weighted by Gasteiger charge is 2.35. The van der Waals surface area contributed by atoms with E-state index in [1.54, 1.807) is 12.3 Å². The number of anilines is 1. The molecule has 1 aromatic carbocycles. The van der Waals surface area contributed by atoms with Gasteiger partial charge in [-0.05, 0) is 36.8 Å². The molecule has 0 spiro atoms. The number of nitrogens with zero attached hydrogens (tertiary/aromatic N) is 2. The molecule has 1 aromatic heterocycles. The highest BCUT2D eigenvalue weighted by molar-refractivity contribution is 5.99. The van der Waals surface area contributed by atoms with Crippen molar-refractivity contribution in [2.75, 3.05) is 11.4 Å². The first-order valence-electron chi connectivity index (χ1n) is 7.57. The molecule has 2 heterocycles. The summed E-state index contributed by atoms with van der Waals surface area (Å²) in [6.45, 7) is 0.827. The number of halogens is 3. The molecule has 0 bridgehead atoms. The van der Waals surface area contributed by atoms with E-state index in [0.717, 1.165) is 17.8 Å². The summed E-state index contributed by atoms with van der Waals surface area (Å²) < 4.78 is 38.4. The normalized spacial score (nSPS) is 18.2. The second kappa shape index (κ2) is 6.60. The molecule has 1 aliphatic heterocycles. The molecule has 24 heavy (non-hydrogen) atoms. The molecule has 0 radical (unpaired) electrons. The first kappa shape index (κ1) is 16.4. The third-order valence-corrected chi connectivity index (χ3v) is 3.95. The van der Waals surface area contributed by atoms with Crippen LogP contribution in [-0.4, -0.2) is 23.5 Å². The summed E-state index contributed by atoms with van der Waals surface area (Å²) in [6.07, 6.45) is -2.21. The number of carbonyl (C=O) groups is 1. The van der Waals surface area contributed by atoms with E-state index in [1.807, 2.05) is 12.1 Å². The molecule has 1 saturated heterocycles. The van der Waals surface area contributed by atoms with Crippen molar-refractivity contribution in [2.24, 2.45) is 0 Å². The molecule has 0 aliphatic carbocycles. The zero-order valence-electron chi connectivity index (χ0n) is 12.8. The summed E-state index contributed by atoms with van der Waals surface area (Å²) >= 11 is 0. The molecule has 2 aromatic rings. The van der Waals surface area contributed by atoms with E-state index in [4.69, 9.17) is 0 Å². The van der Waals surface area contributed by atoms with Crippen molar-refractivity contribution in [2.45, 2.75) is 25.2 Å². The van der Waals surface area contributed by atoms with Crippen LogP contribution in [0.4, 0.5) is 18.9 Å². The summed E-state index contributed by atoms with van der Waals surface area (Å²) in [5.74, 6) is -0.217. The maximum absolute atomic E-state index is 12.8. The lowest BCUT2D eigenvalue weighted by Gasteiger charge is -2.18. The molecular formula is C17H16F3N3O. The van der Waals surface area contributed by atoms with Crippen molar-refractivity contribution < 1.29 is 18.0 Å². The predicted octanol–water partition coefficient (Wildman–Crippen LogP) is 3.00. The van der Waals surface area contributed by atoms with Crippen LogP contribution in [0.25, 0.3) is 0 Å². The number of carbonyl (C=O) groups excluding carboxylic acids is 1. The summed E-state index contributed by atoms with van der Waals surface area (Å²) in [5, 5.41) is 3.12. The van der Waals surface area contributed by atoms with Gasteiger partial charge < -0.3 is 10.2 Å². The van der Waals surface area contributed by atoms with E-state index in [2.05, 4.69) is 10.3 Å². The van der Waals surface area contributed by atoms with Crippen LogP contribution in [0.3, 0.4) is 0 Å². The lowest BCUT2D eigenvalue weighted by atomic mass is 10.2. The highest BCUT2D eigenvalue weighted by atomic mass is 19.4. The van der Waals surface area contributed by atoms with E-state index in [9.17, 15) is 18.0 Å². The van der Waals surface area contributed by atoms with Crippen molar-refractivity contribution in [3.63, 3.8) is 0 Å². The SMILES string of the molecule is O=C1C(NCc2ccccn2)CCN1c1cccc(C(F)(F)F)c1. The van der Waals surface area contributed by atoms with E-state index >= 15 is 0 Å². The van der Waals surface area contributed by atoms with Crippen LogP contribution >= 0.6 is 0 Å². The Morgan fingerprint density at radius 2 is 2.04 bits per heavy atom. The number of pyridine rings is 1. The van der Waals surface area contributed by atoms with Gasteiger partial charge in [0.05, 0.1) is 17.3 Å². The van der Waals surface area contributed by atoms with Gasteiger partial charge in [-0.25, -0.2) is 0 Å². The number of alkyl halides is 3. The van der Waals surface area contributed by atoms with Crippen LogP contribution in [0.15, 0.2) is 48.7 Å². The lowest BCUT2D eigenvalue weighted by Crippen LogP contribution is -2.38. The Morgan fingerprint density at radius 3 is 2.75 bits per heavy atom. The summed E-state index contributed by atoms with van der Waals surface area (Å²) in [7, 11) is 0. The second-order valence-electron chi connectivity index (χ2n) is 5.58. The second-order valence-corrected chi connectivity index (χ2v) is 5.58. The summed E-state index contributed by atoms with van der Waals surface area (Å²) in [5.41, 5.74) is 0.331. The number of hydrogen-bond donors (Lipinski definition) is 1. The highest BCUT2D eigenvalue weighted by Crippen LogP contribution is 2.32. The quantitative estimate of drug-likeness (QED) is 0.934. The molecule has 7 heteroatoms. The minimum absolute atomic E-state index is 0.217. The monoisotopic (exact) mass is 335 g/mol. The van der Waals surface area contributed by atoms with Gasteiger partial charge in [0.1, 0.15) is 0 Å². The number of aromatic nitrogens is 1. The Balaban J connectivity index is 1.68. The van der Waals surface area contributed by atoms with Crippen molar-refractivity contribution >= 4 is 11.6 Å². The summed E-state index contributed by atoms with van der Waals surface area (Å²) in [6, 6.07) is 9.95. The average Bonchev–Trinajstić information content (AvgIpc) is 2.94. The van der Waals surface area contributed by atoms with Gasteiger partial charge in [-0.15, -0.1) is 0 Å².